The molecule has 0 heterocycles. The Morgan fingerprint density at radius 1 is 0.444 bits per heavy atom. The molecular weight excluding hydrogens is 708 g/mol. The van der Waals surface area contributed by atoms with Crippen molar-refractivity contribution < 1.29 is 53.7 Å². The minimum Gasteiger partial charge on any atom is -0.481 e. The van der Waals surface area contributed by atoms with E-state index in [0.717, 1.165) is 0 Å². The minimum atomic E-state index is -1.59. The van der Waals surface area contributed by atoms with Crippen LogP contribution in [0.3, 0.4) is 0 Å². The third-order valence-corrected chi connectivity index (χ3v) is 7.79. The highest BCUT2D eigenvalue weighted by atomic mass is 16.4. The first-order valence-corrected chi connectivity index (χ1v) is 18.4. The number of nitrogens with two attached hydrogens (primary N) is 2. The van der Waals surface area contributed by atoms with E-state index in [1.54, 1.807) is 20.8 Å². The van der Waals surface area contributed by atoms with Crippen LogP contribution in [0.25, 0.3) is 0 Å². The summed E-state index contributed by atoms with van der Waals surface area (Å²) in [6.07, 6.45) is -0.111. The Kier molecular flexibility index (Phi) is 22.9. The second kappa shape index (κ2) is 24.9. The van der Waals surface area contributed by atoms with Gasteiger partial charge in [0.1, 0.15) is 24.2 Å². The molecule has 19 heteroatoms. The summed E-state index contributed by atoms with van der Waals surface area (Å²) >= 11 is 0. The molecular formula is C35H64N8O11. The minimum absolute atomic E-state index is 0.130. The predicted molar refractivity (Wildman–Crippen MR) is 199 cm³/mol. The molecule has 0 bridgehead atoms. The molecule has 54 heavy (non-hydrogen) atoms. The van der Waals surface area contributed by atoms with E-state index < -0.39 is 121 Å². The van der Waals surface area contributed by atoms with Crippen molar-refractivity contribution in [3.05, 3.63) is 0 Å². The molecule has 0 aromatic carbocycles. The molecule has 13 N–H and O–H groups in total. The normalized spacial score (nSPS) is 14.4. The molecule has 0 radical (unpaired) electrons. The Hall–Kier alpha value is -4.36. The van der Waals surface area contributed by atoms with Gasteiger partial charge in [0.25, 0.3) is 0 Å². The van der Waals surface area contributed by atoms with Crippen LogP contribution in [0.15, 0.2) is 0 Å². The van der Waals surface area contributed by atoms with E-state index in [1.165, 1.54) is 0 Å². The fourth-order valence-corrected chi connectivity index (χ4v) is 5.20. The standard InChI is InChI=1S/C35H64N8O11/c1-34(2,3)42-25(12-8-10-20-37)32(53)38-21(11-7-9-19-36)29(50)39-22(13-16-26(44)45)30(51)40-23(14-17-27(46)47)31(52)41-24(15-18-28(48)49)33(54)43-35(4,5)6/h21-25,42H,7-20,36-37H2,1-6H3,(H,38,53)(H,39,50)(H,40,51)(H,41,52)(H,43,54)(H,44,45)(H,46,47)(H,48,49)/t21-,22-,23-,24-,25?/m0/s1. The molecule has 0 aliphatic carbocycles. The third-order valence-electron chi connectivity index (χ3n) is 7.79. The summed E-state index contributed by atoms with van der Waals surface area (Å²) in [5.74, 6) is -7.88. The molecule has 0 aromatic heterocycles. The molecule has 0 rings (SSSR count). The average molecular weight is 773 g/mol. The van der Waals surface area contributed by atoms with Gasteiger partial charge in [-0.1, -0.05) is 6.42 Å². The van der Waals surface area contributed by atoms with Gasteiger partial charge in [0.05, 0.1) is 6.04 Å². The van der Waals surface area contributed by atoms with E-state index in [0.29, 0.717) is 45.2 Å². The van der Waals surface area contributed by atoms with Crippen LogP contribution in [0, 0.1) is 0 Å². The van der Waals surface area contributed by atoms with E-state index in [-0.39, 0.29) is 12.8 Å². The van der Waals surface area contributed by atoms with Gasteiger partial charge < -0.3 is 58.7 Å². The first-order valence-electron chi connectivity index (χ1n) is 18.4. The maximum Gasteiger partial charge on any atom is 0.303 e. The SMILES string of the molecule is CC(C)(C)NC(=O)[C@H](CCC(=O)O)NC(=O)[C@H](CCC(=O)O)NC(=O)[C@H](CCC(=O)O)NC(=O)[C@H](CCCCN)NC(=O)C(CCCCN)NC(C)(C)C. The lowest BCUT2D eigenvalue weighted by Gasteiger charge is -2.30. The summed E-state index contributed by atoms with van der Waals surface area (Å²) in [5.41, 5.74) is 10.1. The van der Waals surface area contributed by atoms with Gasteiger partial charge in [0.15, 0.2) is 0 Å². The van der Waals surface area contributed by atoms with Gasteiger partial charge in [0, 0.05) is 30.3 Å². The molecule has 0 saturated heterocycles. The van der Waals surface area contributed by atoms with Crippen molar-refractivity contribution in [2.24, 2.45) is 11.5 Å². The van der Waals surface area contributed by atoms with Crippen molar-refractivity contribution in [2.75, 3.05) is 13.1 Å². The first kappa shape index (κ1) is 49.6. The Morgan fingerprint density at radius 2 is 0.741 bits per heavy atom. The Morgan fingerprint density at radius 3 is 1.04 bits per heavy atom. The monoisotopic (exact) mass is 772 g/mol. The van der Waals surface area contributed by atoms with Crippen LogP contribution in [-0.4, -0.2) is 117 Å². The lowest BCUT2D eigenvalue weighted by Crippen LogP contribution is -2.60. The summed E-state index contributed by atoms with van der Waals surface area (Å²) in [6.45, 7) is 11.4. The molecule has 5 atom stereocenters. The number of amides is 5. The Balaban J connectivity index is 6.42. The third kappa shape index (κ3) is 23.3. The summed E-state index contributed by atoms with van der Waals surface area (Å²) in [6, 6.07) is -6.37. The van der Waals surface area contributed by atoms with Gasteiger partial charge in [-0.3, -0.25) is 38.4 Å². The second-order valence-electron chi connectivity index (χ2n) is 15.3. The molecule has 0 saturated carbocycles. The van der Waals surface area contributed by atoms with Crippen LogP contribution in [0.5, 0.6) is 0 Å². The van der Waals surface area contributed by atoms with Crippen molar-refractivity contribution >= 4 is 47.4 Å². The predicted octanol–water partition coefficient (Wildman–Crippen LogP) is -0.551. The van der Waals surface area contributed by atoms with Gasteiger partial charge in [-0.2, -0.15) is 0 Å². The molecule has 0 aliphatic rings. The molecule has 310 valence electrons. The molecule has 19 nitrogen and oxygen atoms in total. The van der Waals surface area contributed by atoms with Crippen LogP contribution >= 0.6 is 0 Å². The Bertz CT molecular complexity index is 1270. The van der Waals surface area contributed by atoms with Gasteiger partial charge >= 0.3 is 17.9 Å². The average Bonchev–Trinajstić information content (AvgIpc) is 3.03. The maximum atomic E-state index is 13.7. The number of aliphatic carboxylic acids is 3. The zero-order valence-corrected chi connectivity index (χ0v) is 32.5. The quantitative estimate of drug-likeness (QED) is 0.0467. The number of rotatable bonds is 27. The fourth-order valence-electron chi connectivity index (χ4n) is 5.20. The fraction of sp³-hybridized carbons (Fsp3) is 0.771. The van der Waals surface area contributed by atoms with Crippen LogP contribution in [-0.2, 0) is 38.4 Å². The number of carbonyl (C=O) groups is 8. The van der Waals surface area contributed by atoms with Crippen LogP contribution in [0.4, 0.5) is 0 Å². The highest BCUT2D eigenvalue weighted by Gasteiger charge is 2.34. The number of carboxylic acids is 3. The van der Waals surface area contributed by atoms with Crippen LogP contribution < -0.4 is 43.4 Å². The van der Waals surface area contributed by atoms with Crippen LogP contribution in [0.2, 0.25) is 0 Å². The summed E-state index contributed by atoms with van der Waals surface area (Å²) in [5, 5.41) is 43.8. The van der Waals surface area contributed by atoms with Crippen LogP contribution in [0.1, 0.15) is 119 Å². The smallest absolute Gasteiger partial charge is 0.303 e. The molecule has 1 unspecified atom stereocenters. The van der Waals surface area contributed by atoms with Crippen molar-refractivity contribution in [3.63, 3.8) is 0 Å². The second-order valence-corrected chi connectivity index (χ2v) is 15.3. The molecule has 0 aromatic rings. The Labute approximate surface area is 317 Å². The van der Waals surface area contributed by atoms with Crippen molar-refractivity contribution in [3.8, 4) is 0 Å². The largest absolute Gasteiger partial charge is 0.481 e. The van der Waals surface area contributed by atoms with Gasteiger partial charge in [-0.15, -0.1) is 0 Å². The van der Waals surface area contributed by atoms with Gasteiger partial charge in [-0.05, 0) is 106 Å². The van der Waals surface area contributed by atoms with E-state index >= 15 is 0 Å². The van der Waals surface area contributed by atoms with Crippen molar-refractivity contribution in [1.82, 2.24) is 31.9 Å². The van der Waals surface area contributed by atoms with E-state index in [9.17, 15) is 53.7 Å². The maximum absolute atomic E-state index is 13.7. The molecule has 5 amide bonds. The molecule has 0 aliphatic heterocycles. The van der Waals surface area contributed by atoms with Gasteiger partial charge in [-0.25, -0.2) is 0 Å². The van der Waals surface area contributed by atoms with E-state index in [4.69, 9.17) is 11.5 Å². The topological polar surface area (TPSA) is 321 Å². The first-order chi connectivity index (χ1) is 25.0. The number of carbonyl (C=O) groups excluding carboxylic acids is 5. The van der Waals surface area contributed by atoms with E-state index in [1.807, 2.05) is 20.8 Å². The number of nitrogens with one attached hydrogen (secondary N) is 6. The lowest BCUT2D eigenvalue weighted by atomic mass is 10.0. The summed E-state index contributed by atoms with van der Waals surface area (Å²) < 4.78 is 0. The number of carboxylic acid groups (broad SMARTS) is 3. The van der Waals surface area contributed by atoms with Gasteiger partial charge in [0.2, 0.25) is 29.5 Å². The van der Waals surface area contributed by atoms with E-state index in [2.05, 4.69) is 31.9 Å². The van der Waals surface area contributed by atoms with Crippen molar-refractivity contribution in [2.45, 2.75) is 160 Å². The highest BCUT2D eigenvalue weighted by molar-refractivity contribution is 5.96. The molecule has 0 fully saturated rings. The van der Waals surface area contributed by atoms with Crippen molar-refractivity contribution in [1.29, 1.82) is 0 Å². The zero-order valence-electron chi connectivity index (χ0n) is 32.5. The number of hydrogen-bond acceptors (Lipinski definition) is 11. The highest BCUT2D eigenvalue weighted by Crippen LogP contribution is 2.11. The lowest BCUT2D eigenvalue weighted by molar-refractivity contribution is -0.140. The molecule has 0 spiro atoms. The number of hydrogen-bond donors (Lipinski definition) is 11. The number of unbranched alkanes of at least 4 members (excludes halogenated alkanes) is 2. The zero-order chi connectivity index (χ0) is 41.6. The summed E-state index contributed by atoms with van der Waals surface area (Å²) in [7, 11) is 0. The summed E-state index contributed by atoms with van der Waals surface area (Å²) in [4.78, 5) is 102.